The lowest BCUT2D eigenvalue weighted by atomic mass is 9.88. The van der Waals surface area contributed by atoms with Gasteiger partial charge in [0.1, 0.15) is 18.0 Å². The van der Waals surface area contributed by atoms with Crippen LogP contribution in [0.3, 0.4) is 0 Å². The number of aliphatic hydroxyl groups excluding tert-OH is 1. The Morgan fingerprint density at radius 1 is 1.55 bits per heavy atom. The van der Waals surface area contributed by atoms with E-state index < -0.39 is 28.6 Å². The Hall–Kier alpha value is -1.73. The smallest absolute Gasteiger partial charge is 0.305 e. The molecule has 0 spiro atoms. The minimum atomic E-state index is -0.946. The second-order valence-electron chi connectivity index (χ2n) is 4.67. The SMILES string of the molecule is CCCOC1C(O)CC1Oc1ccc([N+](=O)[O-])c(F)c1. The van der Waals surface area contributed by atoms with Crippen molar-refractivity contribution in [1.29, 1.82) is 0 Å². The second kappa shape index (κ2) is 6.15. The van der Waals surface area contributed by atoms with Crippen LogP contribution in [0.5, 0.6) is 5.75 Å². The number of halogens is 1. The molecule has 2 rings (SSSR count). The summed E-state index contributed by atoms with van der Waals surface area (Å²) >= 11 is 0. The minimum Gasteiger partial charge on any atom is -0.487 e. The molecule has 7 heteroatoms. The summed E-state index contributed by atoms with van der Waals surface area (Å²) in [7, 11) is 0. The van der Waals surface area contributed by atoms with Crippen LogP contribution in [-0.2, 0) is 4.74 Å². The second-order valence-corrected chi connectivity index (χ2v) is 4.67. The van der Waals surface area contributed by atoms with E-state index in [1.165, 1.54) is 6.07 Å². The highest BCUT2D eigenvalue weighted by atomic mass is 19.1. The lowest BCUT2D eigenvalue weighted by Gasteiger charge is -2.40. The standard InChI is InChI=1S/C13H16FNO5/c1-2-5-19-13-11(16)7-12(13)20-8-3-4-10(15(17)18)9(14)6-8/h3-4,6,11-13,16H,2,5,7H2,1H3. The molecule has 1 N–H and O–H groups in total. The van der Waals surface area contributed by atoms with Gasteiger partial charge in [-0.25, -0.2) is 0 Å². The summed E-state index contributed by atoms with van der Waals surface area (Å²) in [5.74, 6) is -0.756. The zero-order valence-electron chi connectivity index (χ0n) is 11.0. The Morgan fingerprint density at radius 3 is 2.85 bits per heavy atom. The van der Waals surface area contributed by atoms with Gasteiger partial charge in [0.05, 0.1) is 11.0 Å². The number of nitrogens with zero attached hydrogens (tertiary/aromatic N) is 1. The number of rotatable bonds is 6. The van der Waals surface area contributed by atoms with E-state index in [0.29, 0.717) is 13.0 Å². The molecule has 0 saturated heterocycles. The van der Waals surface area contributed by atoms with Crippen LogP contribution in [-0.4, -0.2) is 34.9 Å². The molecule has 1 aliphatic carbocycles. The van der Waals surface area contributed by atoms with Crippen LogP contribution in [0.2, 0.25) is 0 Å². The topological polar surface area (TPSA) is 81.8 Å². The minimum absolute atomic E-state index is 0.190. The van der Waals surface area contributed by atoms with E-state index in [9.17, 15) is 19.6 Å². The van der Waals surface area contributed by atoms with Crippen LogP contribution < -0.4 is 4.74 Å². The quantitative estimate of drug-likeness (QED) is 0.639. The molecule has 110 valence electrons. The Kier molecular flexibility index (Phi) is 4.51. The molecular formula is C13H16FNO5. The third kappa shape index (κ3) is 3.05. The molecule has 0 aromatic heterocycles. The van der Waals surface area contributed by atoms with E-state index in [1.807, 2.05) is 6.92 Å². The summed E-state index contributed by atoms with van der Waals surface area (Å²) in [6.07, 6.45) is -0.171. The fourth-order valence-corrected chi connectivity index (χ4v) is 2.03. The third-order valence-corrected chi connectivity index (χ3v) is 3.14. The highest BCUT2D eigenvalue weighted by molar-refractivity contribution is 5.38. The molecule has 0 bridgehead atoms. The van der Waals surface area contributed by atoms with Crippen molar-refractivity contribution in [1.82, 2.24) is 0 Å². The molecular weight excluding hydrogens is 269 g/mol. The molecule has 1 aliphatic rings. The van der Waals surface area contributed by atoms with Gasteiger partial charge in [-0.15, -0.1) is 0 Å². The van der Waals surface area contributed by atoms with Crippen molar-refractivity contribution < 1.29 is 23.9 Å². The lowest BCUT2D eigenvalue weighted by Crippen LogP contribution is -2.55. The van der Waals surface area contributed by atoms with Gasteiger partial charge in [0.15, 0.2) is 0 Å². The van der Waals surface area contributed by atoms with Crippen molar-refractivity contribution in [3.05, 3.63) is 34.1 Å². The van der Waals surface area contributed by atoms with Crippen LogP contribution in [0.15, 0.2) is 18.2 Å². The number of aliphatic hydroxyl groups is 1. The van der Waals surface area contributed by atoms with Gasteiger partial charge in [-0.2, -0.15) is 4.39 Å². The van der Waals surface area contributed by atoms with Gasteiger partial charge in [0.25, 0.3) is 0 Å². The number of hydrogen-bond donors (Lipinski definition) is 1. The first kappa shape index (κ1) is 14.7. The number of benzene rings is 1. The van der Waals surface area contributed by atoms with Gasteiger partial charge in [-0.1, -0.05) is 6.92 Å². The maximum absolute atomic E-state index is 13.4. The molecule has 20 heavy (non-hydrogen) atoms. The average Bonchev–Trinajstić information content (AvgIpc) is 2.38. The molecule has 1 fully saturated rings. The third-order valence-electron chi connectivity index (χ3n) is 3.14. The fourth-order valence-electron chi connectivity index (χ4n) is 2.03. The zero-order valence-corrected chi connectivity index (χ0v) is 11.0. The van der Waals surface area contributed by atoms with E-state index in [0.717, 1.165) is 18.6 Å². The summed E-state index contributed by atoms with van der Waals surface area (Å²) in [5.41, 5.74) is -0.593. The first-order valence-corrected chi connectivity index (χ1v) is 6.43. The van der Waals surface area contributed by atoms with Crippen molar-refractivity contribution in [2.24, 2.45) is 0 Å². The van der Waals surface area contributed by atoms with Crippen molar-refractivity contribution in [2.75, 3.05) is 6.61 Å². The summed E-state index contributed by atoms with van der Waals surface area (Å²) < 4.78 is 24.4. The van der Waals surface area contributed by atoms with Crippen molar-refractivity contribution >= 4 is 5.69 Å². The summed E-state index contributed by atoms with van der Waals surface area (Å²) in [6, 6.07) is 3.37. The van der Waals surface area contributed by atoms with Crippen LogP contribution in [0.4, 0.5) is 10.1 Å². The molecule has 3 atom stereocenters. The number of hydrogen-bond acceptors (Lipinski definition) is 5. The molecule has 0 radical (unpaired) electrons. The van der Waals surface area contributed by atoms with Crippen LogP contribution in [0.25, 0.3) is 0 Å². The monoisotopic (exact) mass is 285 g/mol. The zero-order chi connectivity index (χ0) is 14.7. The van der Waals surface area contributed by atoms with E-state index in [-0.39, 0.29) is 11.9 Å². The predicted octanol–water partition coefficient (Wildman–Crippen LogP) is 2.04. The van der Waals surface area contributed by atoms with Gasteiger partial charge in [0, 0.05) is 25.2 Å². The first-order chi connectivity index (χ1) is 9.52. The number of ether oxygens (including phenoxy) is 2. The molecule has 3 unspecified atom stereocenters. The molecule has 1 aromatic rings. The van der Waals surface area contributed by atoms with Gasteiger partial charge in [-0.3, -0.25) is 10.1 Å². The highest BCUT2D eigenvalue weighted by Gasteiger charge is 2.42. The fraction of sp³-hybridized carbons (Fsp3) is 0.538. The Labute approximate surface area is 115 Å². The van der Waals surface area contributed by atoms with Gasteiger partial charge >= 0.3 is 5.69 Å². The van der Waals surface area contributed by atoms with Crippen molar-refractivity contribution in [3.8, 4) is 5.75 Å². The van der Waals surface area contributed by atoms with E-state index in [4.69, 9.17) is 9.47 Å². The lowest BCUT2D eigenvalue weighted by molar-refractivity contribution is -0.387. The molecule has 6 nitrogen and oxygen atoms in total. The molecule has 0 amide bonds. The van der Waals surface area contributed by atoms with Gasteiger partial charge < -0.3 is 14.6 Å². The summed E-state index contributed by atoms with van der Waals surface area (Å²) in [6.45, 7) is 2.46. The summed E-state index contributed by atoms with van der Waals surface area (Å²) in [5, 5.41) is 20.1. The Bertz CT molecular complexity index is 496. The van der Waals surface area contributed by atoms with Crippen LogP contribution >= 0.6 is 0 Å². The van der Waals surface area contributed by atoms with Gasteiger partial charge in [-0.05, 0) is 12.5 Å². The summed E-state index contributed by atoms with van der Waals surface area (Å²) in [4.78, 5) is 9.72. The first-order valence-electron chi connectivity index (χ1n) is 6.43. The molecule has 1 saturated carbocycles. The molecule has 1 aromatic carbocycles. The van der Waals surface area contributed by atoms with E-state index in [2.05, 4.69) is 0 Å². The van der Waals surface area contributed by atoms with Gasteiger partial charge in [0.2, 0.25) is 5.82 Å². The largest absolute Gasteiger partial charge is 0.487 e. The predicted molar refractivity (Wildman–Crippen MR) is 68.1 cm³/mol. The van der Waals surface area contributed by atoms with Crippen LogP contribution in [0, 0.1) is 15.9 Å². The van der Waals surface area contributed by atoms with E-state index in [1.54, 1.807) is 0 Å². The van der Waals surface area contributed by atoms with Crippen LogP contribution in [0.1, 0.15) is 19.8 Å². The Morgan fingerprint density at radius 2 is 2.30 bits per heavy atom. The number of nitro groups is 1. The maximum Gasteiger partial charge on any atom is 0.305 e. The Balaban J connectivity index is 2.00. The van der Waals surface area contributed by atoms with E-state index >= 15 is 0 Å². The molecule has 0 heterocycles. The molecule has 0 aliphatic heterocycles. The normalized spacial score (nSPS) is 25.1. The van der Waals surface area contributed by atoms with Crippen molar-refractivity contribution in [3.63, 3.8) is 0 Å². The van der Waals surface area contributed by atoms with Crippen molar-refractivity contribution in [2.45, 2.75) is 38.1 Å². The average molecular weight is 285 g/mol. The number of nitro benzene ring substituents is 1. The highest BCUT2D eigenvalue weighted by Crippen LogP contribution is 2.31. The maximum atomic E-state index is 13.4.